The number of nitrogens with one attached hydrogen (secondary N) is 1. The first kappa shape index (κ1) is 16.9. The number of alkyl carbamates (subject to hydrolysis) is 1. The standard InChI is InChI=1S/C18H22N2O3S/c1-2-22-18(21)20-14(11-13-7-4-3-5-8-13)15-12-24-17(19-15)16-9-6-10-23-16/h3-5,7-8,12,14,16H,2,6,9-11H2,1H3,(H,20,21)/t14-,16-/m0/s1. The predicted molar refractivity (Wildman–Crippen MR) is 93.1 cm³/mol. The highest BCUT2D eigenvalue weighted by Gasteiger charge is 2.24. The molecule has 2 aromatic rings. The second kappa shape index (κ2) is 8.26. The molecule has 0 saturated carbocycles. The molecule has 1 N–H and O–H groups in total. The van der Waals surface area contributed by atoms with Crippen LogP contribution in [0.3, 0.4) is 0 Å². The van der Waals surface area contributed by atoms with Crippen molar-refractivity contribution in [2.75, 3.05) is 13.2 Å². The number of carbonyl (C=O) groups is 1. The minimum atomic E-state index is -0.412. The van der Waals surface area contributed by atoms with Gasteiger partial charge in [-0.15, -0.1) is 11.3 Å². The van der Waals surface area contributed by atoms with Crippen molar-refractivity contribution in [2.45, 2.75) is 38.3 Å². The molecule has 1 aliphatic rings. The van der Waals surface area contributed by atoms with Gasteiger partial charge in [-0.2, -0.15) is 0 Å². The van der Waals surface area contributed by atoms with Crippen LogP contribution < -0.4 is 5.32 Å². The monoisotopic (exact) mass is 346 g/mol. The van der Waals surface area contributed by atoms with Gasteiger partial charge in [0.25, 0.3) is 0 Å². The van der Waals surface area contributed by atoms with Crippen molar-refractivity contribution in [2.24, 2.45) is 0 Å². The molecule has 2 atom stereocenters. The molecule has 1 aromatic carbocycles. The molecule has 2 heterocycles. The lowest BCUT2D eigenvalue weighted by molar-refractivity contribution is 0.111. The summed E-state index contributed by atoms with van der Waals surface area (Å²) < 4.78 is 10.7. The summed E-state index contributed by atoms with van der Waals surface area (Å²) in [6.45, 7) is 2.94. The van der Waals surface area contributed by atoms with E-state index in [1.807, 2.05) is 35.7 Å². The van der Waals surface area contributed by atoms with Gasteiger partial charge in [-0.3, -0.25) is 0 Å². The fraction of sp³-hybridized carbons (Fsp3) is 0.444. The van der Waals surface area contributed by atoms with Gasteiger partial charge >= 0.3 is 6.09 Å². The summed E-state index contributed by atoms with van der Waals surface area (Å²) in [4.78, 5) is 16.6. The van der Waals surface area contributed by atoms with Crippen LogP contribution in [0.25, 0.3) is 0 Å². The Hall–Kier alpha value is -1.92. The Morgan fingerprint density at radius 2 is 2.29 bits per heavy atom. The fourth-order valence-electron chi connectivity index (χ4n) is 2.78. The number of benzene rings is 1. The number of nitrogens with zero attached hydrogens (tertiary/aromatic N) is 1. The van der Waals surface area contributed by atoms with E-state index in [2.05, 4.69) is 5.32 Å². The number of aromatic nitrogens is 1. The second-order valence-corrected chi connectivity index (χ2v) is 6.61. The summed E-state index contributed by atoms with van der Waals surface area (Å²) >= 11 is 1.60. The molecular weight excluding hydrogens is 324 g/mol. The maximum atomic E-state index is 11.9. The zero-order valence-electron chi connectivity index (χ0n) is 13.7. The van der Waals surface area contributed by atoms with Crippen LogP contribution in [-0.4, -0.2) is 24.3 Å². The predicted octanol–water partition coefficient (Wildman–Crippen LogP) is 4.02. The van der Waals surface area contributed by atoms with Crippen molar-refractivity contribution in [1.29, 1.82) is 0 Å². The highest BCUT2D eigenvalue weighted by molar-refractivity contribution is 7.09. The molecule has 3 rings (SSSR count). The maximum Gasteiger partial charge on any atom is 0.407 e. The number of amides is 1. The number of hydrogen-bond donors (Lipinski definition) is 1. The summed E-state index contributed by atoms with van der Waals surface area (Å²) in [5.41, 5.74) is 2.01. The third-order valence-corrected chi connectivity index (χ3v) is 4.91. The molecule has 0 bridgehead atoms. The zero-order valence-corrected chi connectivity index (χ0v) is 14.6. The van der Waals surface area contributed by atoms with E-state index in [0.29, 0.717) is 13.0 Å². The maximum absolute atomic E-state index is 11.9. The normalized spacial score (nSPS) is 18.3. The Bertz CT molecular complexity index is 653. The molecular formula is C18H22N2O3S. The SMILES string of the molecule is CCOC(=O)N[C@@H](Cc1ccccc1)c1csc([C@@H]2CCCO2)n1. The molecule has 6 heteroatoms. The van der Waals surface area contributed by atoms with Gasteiger partial charge in [-0.25, -0.2) is 9.78 Å². The number of thiazole rings is 1. The Morgan fingerprint density at radius 1 is 1.46 bits per heavy atom. The summed E-state index contributed by atoms with van der Waals surface area (Å²) in [7, 11) is 0. The molecule has 0 spiro atoms. The lowest BCUT2D eigenvalue weighted by atomic mass is 10.0. The van der Waals surface area contributed by atoms with Crippen LogP contribution in [0.1, 0.15) is 48.2 Å². The number of ether oxygens (including phenoxy) is 2. The van der Waals surface area contributed by atoms with Crippen LogP contribution in [0.2, 0.25) is 0 Å². The third kappa shape index (κ3) is 4.33. The number of rotatable bonds is 6. The van der Waals surface area contributed by atoms with Gasteiger partial charge in [0.2, 0.25) is 0 Å². The Labute approximate surface area is 146 Å². The molecule has 1 saturated heterocycles. The molecule has 0 unspecified atom stereocenters. The fourth-order valence-corrected chi connectivity index (χ4v) is 3.73. The van der Waals surface area contributed by atoms with E-state index >= 15 is 0 Å². The molecule has 1 fully saturated rings. The largest absolute Gasteiger partial charge is 0.450 e. The summed E-state index contributed by atoms with van der Waals surface area (Å²) in [6.07, 6.45) is 2.46. The van der Waals surface area contributed by atoms with Gasteiger partial charge in [-0.05, 0) is 31.7 Å². The van der Waals surface area contributed by atoms with Crippen molar-refractivity contribution < 1.29 is 14.3 Å². The van der Waals surface area contributed by atoms with E-state index in [0.717, 1.165) is 35.7 Å². The van der Waals surface area contributed by atoms with E-state index in [-0.39, 0.29) is 12.1 Å². The Balaban J connectivity index is 1.76. The molecule has 5 nitrogen and oxygen atoms in total. The average molecular weight is 346 g/mol. The van der Waals surface area contributed by atoms with Gasteiger partial charge in [-0.1, -0.05) is 30.3 Å². The van der Waals surface area contributed by atoms with Crippen molar-refractivity contribution >= 4 is 17.4 Å². The first-order valence-corrected chi connectivity index (χ1v) is 9.18. The molecule has 1 aliphatic heterocycles. The van der Waals surface area contributed by atoms with Crippen molar-refractivity contribution in [1.82, 2.24) is 10.3 Å². The highest BCUT2D eigenvalue weighted by Crippen LogP contribution is 2.32. The smallest absolute Gasteiger partial charge is 0.407 e. The Morgan fingerprint density at radius 3 is 3.00 bits per heavy atom. The van der Waals surface area contributed by atoms with Gasteiger partial charge in [0.1, 0.15) is 11.1 Å². The van der Waals surface area contributed by atoms with E-state index in [1.165, 1.54) is 0 Å². The molecule has 1 aromatic heterocycles. The van der Waals surface area contributed by atoms with Crippen LogP contribution in [0.4, 0.5) is 4.79 Å². The minimum absolute atomic E-state index is 0.101. The Kier molecular flexibility index (Phi) is 5.82. The zero-order chi connectivity index (χ0) is 16.8. The van der Waals surface area contributed by atoms with Gasteiger partial charge in [0.15, 0.2) is 0 Å². The van der Waals surface area contributed by atoms with Crippen LogP contribution in [0.5, 0.6) is 0 Å². The highest BCUT2D eigenvalue weighted by atomic mass is 32.1. The average Bonchev–Trinajstić information content (AvgIpc) is 3.27. The van der Waals surface area contributed by atoms with E-state index in [4.69, 9.17) is 14.5 Å². The van der Waals surface area contributed by atoms with Gasteiger partial charge < -0.3 is 14.8 Å². The van der Waals surface area contributed by atoms with E-state index in [1.54, 1.807) is 18.3 Å². The lowest BCUT2D eigenvalue weighted by Crippen LogP contribution is -2.30. The second-order valence-electron chi connectivity index (χ2n) is 5.72. The summed E-state index contributed by atoms with van der Waals surface area (Å²) in [6, 6.07) is 9.86. The van der Waals surface area contributed by atoms with Crippen LogP contribution in [0.15, 0.2) is 35.7 Å². The molecule has 0 radical (unpaired) electrons. The quantitative estimate of drug-likeness (QED) is 0.858. The van der Waals surface area contributed by atoms with Gasteiger partial charge in [0, 0.05) is 12.0 Å². The van der Waals surface area contributed by atoms with E-state index in [9.17, 15) is 4.79 Å². The van der Waals surface area contributed by atoms with Gasteiger partial charge in [0.05, 0.1) is 18.3 Å². The molecule has 0 aliphatic carbocycles. The van der Waals surface area contributed by atoms with Crippen LogP contribution in [-0.2, 0) is 15.9 Å². The van der Waals surface area contributed by atoms with E-state index < -0.39 is 6.09 Å². The summed E-state index contributed by atoms with van der Waals surface area (Å²) in [5.74, 6) is 0. The minimum Gasteiger partial charge on any atom is -0.450 e. The van der Waals surface area contributed by atoms with Crippen LogP contribution in [0, 0.1) is 0 Å². The topological polar surface area (TPSA) is 60.5 Å². The first-order chi connectivity index (χ1) is 11.8. The third-order valence-electron chi connectivity index (χ3n) is 3.95. The summed E-state index contributed by atoms with van der Waals surface area (Å²) in [5, 5.41) is 5.93. The first-order valence-electron chi connectivity index (χ1n) is 8.30. The van der Waals surface area contributed by atoms with Crippen molar-refractivity contribution in [3.8, 4) is 0 Å². The molecule has 128 valence electrons. The lowest BCUT2D eigenvalue weighted by Gasteiger charge is -2.17. The van der Waals surface area contributed by atoms with Crippen molar-refractivity contribution in [3.63, 3.8) is 0 Å². The van der Waals surface area contributed by atoms with Crippen molar-refractivity contribution in [3.05, 3.63) is 52.0 Å². The number of hydrogen-bond acceptors (Lipinski definition) is 5. The number of carbonyl (C=O) groups excluding carboxylic acids is 1. The molecule has 24 heavy (non-hydrogen) atoms. The molecule has 1 amide bonds. The van der Waals surface area contributed by atoms with Crippen LogP contribution >= 0.6 is 11.3 Å².